The fourth-order valence-corrected chi connectivity index (χ4v) is 4.88. The first-order chi connectivity index (χ1) is 19.1. The minimum absolute atomic E-state index is 0.143. The highest BCUT2D eigenvalue weighted by atomic mass is 16.6. The molecule has 1 aliphatic carbocycles. The van der Waals surface area contributed by atoms with E-state index in [4.69, 9.17) is 19.3 Å². The van der Waals surface area contributed by atoms with Gasteiger partial charge < -0.3 is 19.5 Å². The van der Waals surface area contributed by atoms with E-state index in [0.29, 0.717) is 34.8 Å². The number of benzene rings is 2. The minimum atomic E-state index is -0.903. The molecule has 9 nitrogen and oxygen atoms in total. The number of methoxy groups -OCH3 is 1. The lowest BCUT2D eigenvalue weighted by Gasteiger charge is -2.34. The molecule has 1 aromatic heterocycles. The maximum Gasteiger partial charge on any atom is 0.433 e. The molecule has 2 aromatic carbocycles. The van der Waals surface area contributed by atoms with Crippen molar-refractivity contribution >= 4 is 17.7 Å². The Morgan fingerprint density at radius 3 is 2.51 bits per heavy atom. The Hall–Kier alpha value is -4.40. The van der Waals surface area contributed by atoms with E-state index in [-0.39, 0.29) is 12.0 Å². The molecule has 1 aliphatic heterocycles. The molecule has 3 aromatic rings. The summed E-state index contributed by atoms with van der Waals surface area (Å²) in [5.74, 6) is 0.898. The number of aromatic nitrogens is 1. The number of hydrazone groups is 1. The molecule has 9 heteroatoms. The van der Waals surface area contributed by atoms with Gasteiger partial charge in [-0.05, 0) is 68.0 Å². The van der Waals surface area contributed by atoms with Crippen molar-refractivity contribution in [1.82, 2.24) is 15.3 Å². The third kappa shape index (κ3) is 5.87. The second-order valence-corrected chi connectivity index (χ2v) is 9.52. The van der Waals surface area contributed by atoms with E-state index in [9.17, 15) is 9.59 Å². The Balaban J connectivity index is 1.52. The van der Waals surface area contributed by atoms with Gasteiger partial charge >= 0.3 is 6.09 Å². The first-order valence-corrected chi connectivity index (χ1v) is 13.3. The standard InChI is InChI=1S/C30H32N4O5/c1-3-24-27(22-13-14-25(37-2)26(19-22)38-23-11-7-8-12-23)33-34(30(36)39-24)28(20-9-5-4-6-10-20)32-29(35)21-15-17-31-18-16-21/h4-6,9-10,13-19,23-24,28H,3,7-8,11-12H2,1-2H3,(H,32,35). The van der Waals surface area contributed by atoms with Crippen LogP contribution >= 0.6 is 0 Å². The monoisotopic (exact) mass is 528 g/mol. The fraction of sp³-hybridized carbons (Fsp3) is 0.333. The second-order valence-electron chi connectivity index (χ2n) is 9.52. The number of ether oxygens (including phenoxy) is 3. The van der Waals surface area contributed by atoms with Crippen molar-refractivity contribution in [2.24, 2.45) is 5.10 Å². The molecule has 5 rings (SSSR count). The highest BCUT2D eigenvalue weighted by Gasteiger charge is 2.37. The van der Waals surface area contributed by atoms with Crippen molar-refractivity contribution in [2.45, 2.75) is 57.4 Å². The zero-order valence-corrected chi connectivity index (χ0v) is 22.1. The average molecular weight is 529 g/mol. The van der Waals surface area contributed by atoms with Crippen LogP contribution in [-0.4, -0.2) is 47.0 Å². The van der Waals surface area contributed by atoms with Crippen LogP contribution in [0.5, 0.6) is 11.5 Å². The Morgan fingerprint density at radius 1 is 1.08 bits per heavy atom. The molecule has 2 amide bonds. The van der Waals surface area contributed by atoms with Crippen LogP contribution in [0.25, 0.3) is 0 Å². The topological polar surface area (TPSA) is 102 Å². The summed E-state index contributed by atoms with van der Waals surface area (Å²) in [6, 6.07) is 18.0. The fourth-order valence-electron chi connectivity index (χ4n) is 4.88. The molecule has 1 saturated carbocycles. The predicted octanol–water partition coefficient (Wildman–Crippen LogP) is 5.48. The first-order valence-electron chi connectivity index (χ1n) is 13.3. The van der Waals surface area contributed by atoms with E-state index in [1.54, 1.807) is 31.6 Å². The van der Waals surface area contributed by atoms with Crippen LogP contribution in [0.3, 0.4) is 0 Å². The van der Waals surface area contributed by atoms with Gasteiger partial charge in [0.1, 0.15) is 11.8 Å². The largest absolute Gasteiger partial charge is 0.493 e. The number of amides is 2. The van der Waals surface area contributed by atoms with Crippen molar-refractivity contribution in [1.29, 1.82) is 0 Å². The van der Waals surface area contributed by atoms with Crippen molar-refractivity contribution in [2.75, 3.05) is 7.11 Å². The average Bonchev–Trinajstić information content (AvgIpc) is 3.50. The van der Waals surface area contributed by atoms with Gasteiger partial charge in [-0.15, -0.1) is 0 Å². The summed E-state index contributed by atoms with van der Waals surface area (Å²) in [6.07, 6.45) is 5.95. The van der Waals surface area contributed by atoms with Gasteiger partial charge in [0, 0.05) is 23.5 Å². The summed E-state index contributed by atoms with van der Waals surface area (Å²) >= 11 is 0. The maximum atomic E-state index is 13.3. The van der Waals surface area contributed by atoms with Crippen molar-refractivity contribution in [3.8, 4) is 11.5 Å². The molecular formula is C30H32N4O5. The van der Waals surface area contributed by atoms with Crippen LogP contribution in [0, 0.1) is 0 Å². The Kier molecular flexibility index (Phi) is 8.05. The zero-order valence-electron chi connectivity index (χ0n) is 22.1. The number of carbonyl (C=O) groups excluding carboxylic acids is 2. The number of cyclic esters (lactones) is 1. The van der Waals surface area contributed by atoms with Gasteiger partial charge in [-0.25, -0.2) is 4.79 Å². The molecule has 2 atom stereocenters. The Bertz CT molecular complexity index is 1330. The Morgan fingerprint density at radius 2 is 1.82 bits per heavy atom. The van der Waals surface area contributed by atoms with Gasteiger partial charge in [0.25, 0.3) is 5.91 Å². The molecule has 202 valence electrons. The van der Waals surface area contributed by atoms with Crippen molar-refractivity contribution < 1.29 is 23.8 Å². The Labute approximate surface area is 227 Å². The third-order valence-electron chi connectivity index (χ3n) is 6.95. The van der Waals surface area contributed by atoms with E-state index in [1.165, 1.54) is 5.01 Å². The summed E-state index contributed by atoms with van der Waals surface area (Å²) in [5.41, 5.74) is 2.40. The number of nitrogens with one attached hydrogen (secondary N) is 1. The van der Waals surface area contributed by atoms with Gasteiger partial charge in [0.05, 0.1) is 13.2 Å². The normalized spacial score (nSPS) is 18.2. The zero-order chi connectivity index (χ0) is 27.2. The van der Waals surface area contributed by atoms with Gasteiger partial charge in [0.2, 0.25) is 0 Å². The summed E-state index contributed by atoms with van der Waals surface area (Å²) < 4.78 is 17.7. The predicted molar refractivity (Wildman–Crippen MR) is 146 cm³/mol. The maximum absolute atomic E-state index is 13.3. The summed E-state index contributed by atoms with van der Waals surface area (Å²) in [5, 5.41) is 8.92. The van der Waals surface area contributed by atoms with Gasteiger partial charge in [-0.3, -0.25) is 9.78 Å². The number of pyridine rings is 1. The highest BCUT2D eigenvalue weighted by molar-refractivity contribution is 6.06. The van der Waals surface area contributed by atoms with E-state index < -0.39 is 18.4 Å². The summed E-state index contributed by atoms with van der Waals surface area (Å²) in [6.45, 7) is 1.93. The van der Waals surface area contributed by atoms with Crippen LogP contribution < -0.4 is 14.8 Å². The molecule has 1 N–H and O–H groups in total. The number of nitrogens with zero attached hydrogens (tertiary/aromatic N) is 3. The summed E-state index contributed by atoms with van der Waals surface area (Å²) in [4.78, 5) is 30.4. The van der Waals surface area contributed by atoms with Gasteiger partial charge in [0.15, 0.2) is 17.7 Å². The molecule has 0 saturated heterocycles. The number of rotatable bonds is 9. The lowest BCUT2D eigenvalue weighted by atomic mass is 10.0. The van der Waals surface area contributed by atoms with Crippen molar-refractivity contribution in [3.05, 3.63) is 89.7 Å². The molecule has 0 radical (unpaired) electrons. The molecule has 2 heterocycles. The molecule has 0 spiro atoms. The lowest BCUT2D eigenvalue weighted by molar-refractivity contribution is 0.0493. The van der Waals surface area contributed by atoms with Gasteiger partial charge in [-0.2, -0.15) is 10.1 Å². The smallest absolute Gasteiger partial charge is 0.433 e. The molecule has 1 fully saturated rings. The number of hydrogen-bond acceptors (Lipinski definition) is 7. The molecule has 2 aliphatic rings. The first kappa shape index (κ1) is 26.2. The second kappa shape index (κ2) is 12.0. The minimum Gasteiger partial charge on any atom is -0.493 e. The van der Waals surface area contributed by atoms with E-state index in [0.717, 1.165) is 31.2 Å². The third-order valence-corrected chi connectivity index (χ3v) is 6.95. The quantitative estimate of drug-likeness (QED) is 0.395. The number of carbonyl (C=O) groups is 2. The SMILES string of the molecule is CCC1OC(=O)N(C(NC(=O)c2ccncc2)c2ccccc2)N=C1c1ccc(OC)c(OC2CCCC2)c1. The molecular weight excluding hydrogens is 496 g/mol. The van der Waals surface area contributed by atoms with Crippen LogP contribution in [0.1, 0.15) is 66.7 Å². The molecule has 2 unspecified atom stereocenters. The van der Waals surface area contributed by atoms with Crippen molar-refractivity contribution in [3.63, 3.8) is 0 Å². The summed E-state index contributed by atoms with van der Waals surface area (Å²) in [7, 11) is 1.61. The molecule has 39 heavy (non-hydrogen) atoms. The lowest BCUT2D eigenvalue weighted by Crippen LogP contribution is -2.48. The van der Waals surface area contributed by atoms with E-state index in [2.05, 4.69) is 10.3 Å². The van der Waals surface area contributed by atoms with E-state index in [1.807, 2.05) is 55.5 Å². The van der Waals surface area contributed by atoms with Crippen LogP contribution in [-0.2, 0) is 4.74 Å². The number of hydrogen-bond donors (Lipinski definition) is 1. The van der Waals surface area contributed by atoms with Gasteiger partial charge in [-0.1, -0.05) is 37.3 Å². The van der Waals surface area contributed by atoms with Crippen LogP contribution in [0.2, 0.25) is 0 Å². The van der Waals surface area contributed by atoms with Crippen LogP contribution in [0.4, 0.5) is 4.79 Å². The molecule has 0 bridgehead atoms. The van der Waals surface area contributed by atoms with Crippen LogP contribution in [0.15, 0.2) is 78.2 Å². The van der Waals surface area contributed by atoms with E-state index >= 15 is 0 Å². The highest BCUT2D eigenvalue weighted by Crippen LogP contribution is 2.34.